The SMILES string of the molecule is O=S(=O)([O-])CCSOO[O-].[Cl-].[Cl-].[Mg+2].[Mg+2]. The third-order valence-electron chi connectivity index (χ3n) is 0.493. The van der Waals surface area contributed by atoms with Crippen molar-refractivity contribution in [1.29, 1.82) is 0 Å². The largest absolute Gasteiger partial charge is 2.00 e. The summed E-state index contributed by atoms with van der Waals surface area (Å²) in [6.07, 6.45) is 0. The van der Waals surface area contributed by atoms with Crippen LogP contribution in [0.25, 0.3) is 0 Å². The van der Waals surface area contributed by atoms with E-state index in [0.29, 0.717) is 12.0 Å². The topological polar surface area (TPSA) is 98.7 Å². The zero-order chi connectivity index (χ0) is 8.04. The summed E-state index contributed by atoms with van der Waals surface area (Å²) in [6.45, 7) is 0. The van der Waals surface area contributed by atoms with E-state index in [1.807, 2.05) is 0 Å². The van der Waals surface area contributed by atoms with Crippen LogP contribution in [0.1, 0.15) is 0 Å². The number of hydrogen-bond donors (Lipinski definition) is 0. The van der Waals surface area contributed by atoms with E-state index < -0.39 is 15.9 Å². The molecule has 0 aromatic rings. The second kappa shape index (κ2) is 17.6. The molecule has 0 aliphatic rings. The van der Waals surface area contributed by atoms with E-state index in [1.165, 1.54) is 0 Å². The third-order valence-corrected chi connectivity index (χ3v) is 1.98. The van der Waals surface area contributed by atoms with Crippen LogP contribution in [0.4, 0.5) is 0 Å². The first-order valence-corrected chi connectivity index (χ1v) is 4.57. The van der Waals surface area contributed by atoms with Gasteiger partial charge in [0.25, 0.3) is 0 Å². The fourth-order valence-electron chi connectivity index (χ4n) is 0.190. The molecule has 0 atom stereocenters. The predicted molar refractivity (Wildman–Crippen MR) is 40.7 cm³/mol. The van der Waals surface area contributed by atoms with Gasteiger partial charge in [-0.2, -0.15) is 4.33 Å². The van der Waals surface area contributed by atoms with Gasteiger partial charge in [-0.05, 0) is 0 Å². The van der Waals surface area contributed by atoms with E-state index in [-0.39, 0.29) is 76.7 Å². The van der Waals surface area contributed by atoms with Gasteiger partial charge in [-0.1, -0.05) is 0 Å². The van der Waals surface area contributed by atoms with Gasteiger partial charge >= 0.3 is 46.1 Å². The number of halogens is 2. The van der Waals surface area contributed by atoms with Crippen LogP contribution >= 0.6 is 12.0 Å². The molecule has 12 heteroatoms. The summed E-state index contributed by atoms with van der Waals surface area (Å²) in [5, 5.41) is 12.0. The Morgan fingerprint density at radius 1 is 1.21 bits per heavy atom. The van der Waals surface area contributed by atoms with Crippen LogP contribution in [0.2, 0.25) is 0 Å². The van der Waals surface area contributed by atoms with Crippen molar-refractivity contribution in [3.63, 3.8) is 0 Å². The predicted octanol–water partition coefficient (Wildman–Crippen LogP) is -8.35. The number of hydrogen-bond acceptors (Lipinski definition) is 7. The molecule has 0 amide bonds. The van der Waals surface area contributed by atoms with Crippen molar-refractivity contribution in [2.24, 2.45) is 0 Å². The molecule has 0 N–H and O–H groups in total. The summed E-state index contributed by atoms with van der Waals surface area (Å²) < 4.78 is 33.2. The van der Waals surface area contributed by atoms with Crippen LogP contribution in [0.3, 0.4) is 0 Å². The molecule has 0 rings (SSSR count). The minimum absolute atomic E-state index is 0. The van der Waals surface area contributed by atoms with Crippen molar-refractivity contribution in [2.45, 2.75) is 0 Å². The Labute approximate surface area is 131 Å². The molecule has 0 heterocycles. The smallest absolute Gasteiger partial charge is 1.00 e. The summed E-state index contributed by atoms with van der Waals surface area (Å²) in [5.41, 5.74) is 0. The molecule has 0 aliphatic carbocycles. The Morgan fingerprint density at radius 3 is 1.93 bits per heavy atom. The molecular formula is C2H4Cl2Mg2O6S2. The van der Waals surface area contributed by atoms with E-state index in [2.05, 4.69) is 9.37 Å². The Kier molecular flexibility index (Phi) is 37.6. The van der Waals surface area contributed by atoms with Gasteiger partial charge in [0.15, 0.2) is 0 Å². The van der Waals surface area contributed by atoms with Gasteiger partial charge in [-0.3, -0.25) is 5.04 Å². The van der Waals surface area contributed by atoms with E-state index in [1.54, 1.807) is 0 Å². The standard InChI is InChI=1S/C2H6O6S2.2ClH.2Mg/c3-7-8-9-1-2-10(4,5)6;;;;/h3H,1-2H2,(H,4,5,6);2*1H;;/q;;;2*+2/p-4. The van der Waals surface area contributed by atoms with Crippen LogP contribution in [0.5, 0.6) is 0 Å². The second-order valence-electron chi connectivity index (χ2n) is 1.22. The van der Waals surface area contributed by atoms with Crippen LogP contribution < -0.4 is 30.1 Å². The summed E-state index contributed by atoms with van der Waals surface area (Å²) in [7, 11) is -4.21. The average Bonchev–Trinajstić information content (AvgIpc) is 1.78. The van der Waals surface area contributed by atoms with Crippen LogP contribution in [-0.2, 0) is 19.5 Å². The van der Waals surface area contributed by atoms with Crippen molar-refractivity contribution in [3.8, 4) is 0 Å². The van der Waals surface area contributed by atoms with Crippen LogP contribution in [0, 0.1) is 0 Å². The van der Waals surface area contributed by atoms with Crippen molar-refractivity contribution >= 4 is 68.3 Å². The Balaban J connectivity index is -0.0000000675. The maximum absolute atomic E-state index is 9.85. The maximum Gasteiger partial charge on any atom is 2.00 e. The summed E-state index contributed by atoms with van der Waals surface area (Å²) in [6, 6.07) is 0. The fraction of sp³-hybridized carbons (Fsp3) is 1.00. The molecule has 6 nitrogen and oxygen atoms in total. The van der Waals surface area contributed by atoms with Gasteiger partial charge in [0.05, 0.1) is 10.1 Å². The van der Waals surface area contributed by atoms with E-state index in [4.69, 9.17) is 5.26 Å². The molecule has 78 valence electrons. The fourth-order valence-corrected chi connectivity index (χ4v) is 1.39. The monoisotopic (exact) mass is 306 g/mol. The van der Waals surface area contributed by atoms with Gasteiger partial charge in [0.2, 0.25) is 0 Å². The molecular weight excluding hydrogens is 304 g/mol. The second-order valence-corrected chi connectivity index (χ2v) is 3.52. The molecule has 0 fully saturated rings. The third kappa shape index (κ3) is 29.2. The molecule has 0 saturated carbocycles. The molecule has 0 aliphatic heterocycles. The summed E-state index contributed by atoms with van der Waals surface area (Å²) in [4.78, 5) is 0. The maximum atomic E-state index is 9.85. The Hall–Kier alpha value is 2.25. The Bertz CT molecular complexity index is 177. The normalized spacial score (nSPS) is 8.43. The molecule has 14 heavy (non-hydrogen) atoms. The van der Waals surface area contributed by atoms with Gasteiger partial charge in [-0.25, -0.2) is 8.42 Å². The van der Waals surface area contributed by atoms with Gasteiger partial charge in [0.1, 0.15) is 0 Å². The van der Waals surface area contributed by atoms with Gasteiger partial charge in [-0.15, -0.1) is 0 Å². The van der Waals surface area contributed by atoms with Crippen molar-refractivity contribution < 1.29 is 52.4 Å². The molecule has 0 unspecified atom stereocenters. The first kappa shape index (κ1) is 29.9. The molecule has 0 radical (unpaired) electrons. The quantitative estimate of drug-likeness (QED) is 0.124. The molecule has 0 bridgehead atoms. The minimum atomic E-state index is -4.21. The number of rotatable bonds is 5. The van der Waals surface area contributed by atoms with Crippen molar-refractivity contribution in [3.05, 3.63) is 0 Å². The summed E-state index contributed by atoms with van der Waals surface area (Å²) >= 11 is 0.466. The van der Waals surface area contributed by atoms with Crippen molar-refractivity contribution in [1.82, 2.24) is 0 Å². The molecule has 0 saturated heterocycles. The first-order valence-electron chi connectivity index (χ1n) is 2.08. The zero-order valence-electron chi connectivity index (χ0n) is 6.85. The first-order chi connectivity index (χ1) is 4.56. The molecule has 0 spiro atoms. The van der Waals surface area contributed by atoms with Gasteiger partial charge in [0, 0.05) is 23.5 Å². The molecule has 0 aromatic heterocycles. The molecule has 0 aromatic carbocycles. The minimum Gasteiger partial charge on any atom is -1.00 e. The van der Waals surface area contributed by atoms with Crippen LogP contribution in [0.15, 0.2) is 0 Å². The van der Waals surface area contributed by atoms with E-state index in [0.717, 1.165) is 0 Å². The van der Waals surface area contributed by atoms with Crippen LogP contribution in [-0.4, -0.2) is 70.6 Å². The van der Waals surface area contributed by atoms with E-state index >= 15 is 0 Å². The average molecular weight is 308 g/mol. The van der Waals surface area contributed by atoms with Crippen molar-refractivity contribution in [2.75, 3.05) is 11.5 Å². The summed E-state index contributed by atoms with van der Waals surface area (Å²) in [5.74, 6) is -0.699. The zero-order valence-corrected chi connectivity index (χ0v) is 12.8. The van der Waals surface area contributed by atoms with Gasteiger partial charge < -0.3 is 34.6 Å². The Morgan fingerprint density at radius 2 is 1.64 bits per heavy atom. The van der Waals surface area contributed by atoms with E-state index in [9.17, 15) is 13.0 Å².